The molecule has 0 radical (unpaired) electrons. The number of benzene rings is 1. The third kappa shape index (κ3) is 3.97. The van der Waals surface area contributed by atoms with Crippen LogP contribution in [0.3, 0.4) is 0 Å². The van der Waals surface area contributed by atoms with Crippen molar-refractivity contribution in [1.29, 1.82) is 0 Å². The molecule has 2 heterocycles. The van der Waals surface area contributed by atoms with Crippen LogP contribution >= 0.6 is 23.1 Å². The predicted octanol–water partition coefficient (Wildman–Crippen LogP) is 4.49. The number of thiophene rings is 1. The zero-order valence-electron chi connectivity index (χ0n) is 17.2. The largest absolute Gasteiger partial charge is 0.366 e. The second-order valence-corrected chi connectivity index (χ2v) is 9.87. The summed E-state index contributed by atoms with van der Waals surface area (Å²) in [6.45, 7) is 3.93. The van der Waals surface area contributed by atoms with E-state index in [1.807, 2.05) is 13.8 Å². The molecule has 0 bridgehead atoms. The molecule has 3 aromatic rings. The highest BCUT2D eigenvalue weighted by atomic mass is 32.2. The zero-order chi connectivity index (χ0) is 22.3. The molecule has 1 saturated carbocycles. The number of aryl methyl sites for hydroxylation is 2. The van der Waals surface area contributed by atoms with Gasteiger partial charge in [-0.1, -0.05) is 30.7 Å². The minimum absolute atomic E-state index is 0.0279. The smallest absolute Gasteiger partial charge is 0.274 e. The first kappa shape index (κ1) is 21.5. The number of fused-ring (bicyclic) bond motifs is 1. The van der Waals surface area contributed by atoms with E-state index >= 15 is 0 Å². The molecule has 10 heteroatoms. The van der Waals surface area contributed by atoms with Gasteiger partial charge in [0.1, 0.15) is 4.83 Å². The topological polar surface area (TPSA) is 121 Å². The van der Waals surface area contributed by atoms with Crippen molar-refractivity contribution < 1.29 is 9.72 Å². The Balaban J connectivity index is 1.77. The highest BCUT2D eigenvalue weighted by molar-refractivity contribution is 7.98. The Morgan fingerprint density at radius 2 is 2.06 bits per heavy atom. The van der Waals surface area contributed by atoms with Crippen molar-refractivity contribution in [3.05, 3.63) is 60.2 Å². The lowest BCUT2D eigenvalue weighted by molar-refractivity contribution is -0.385. The third-order valence-electron chi connectivity index (χ3n) is 5.82. The second kappa shape index (κ2) is 8.43. The normalized spacial score (nSPS) is 14.4. The molecular formula is C21H22N4O4S2. The van der Waals surface area contributed by atoms with Crippen molar-refractivity contribution in [1.82, 2.24) is 9.55 Å². The lowest BCUT2D eigenvalue weighted by atomic mass is 10.1. The summed E-state index contributed by atoms with van der Waals surface area (Å²) in [6, 6.07) is 4.32. The Hall–Kier alpha value is -2.72. The number of hydrogen-bond acceptors (Lipinski definition) is 7. The van der Waals surface area contributed by atoms with Crippen molar-refractivity contribution in [2.45, 2.75) is 56.5 Å². The maximum atomic E-state index is 13.4. The lowest BCUT2D eigenvalue weighted by Gasteiger charge is -2.18. The molecule has 0 unspecified atom stereocenters. The van der Waals surface area contributed by atoms with Gasteiger partial charge in [0.05, 0.1) is 10.3 Å². The van der Waals surface area contributed by atoms with E-state index in [0.717, 1.165) is 36.1 Å². The van der Waals surface area contributed by atoms with E-state index < -0.39 is 10.8 Å². The summed E-state index contributed by atoms with van der Waals surface area (Å²) in [7, 11) is 0. The highest BCUT2D eigenvalue weighted by Crippen LogP contribution is 2.36. The van der Waals surface area contributed by atoms with Gasteiger partial charge in [-0.3, -0.25) is 24.3 Å². The molecule has 162 valence electrons. The van der Waals surface area contributed by atoms with Crippen LogP contribution in [0.5, 0.6) is 0 Å². The molecule has 1 amide bonds. The number of primary amides is 1. The monoisotopic (exact) mass is 458 g/mol. The minimum atomic E-state index is -0.715. The van der Waals surface area contributed by atoms with Gasteiger partial charge in [-0.15, -0.1) is 11.3 Å². The van der Waals surface area contributed by atoms with Crippen LogP contribution in [0, 0.1) is 24.0 Å². The van der Waals surface area contributed by atoms with Gasteiger partial charge in [-0.2, -0.15) is 0 Å². The number of carbonyl (C=O) groups is 1. The van der Waals surface area contributed by atoms with E-state index in [1.54, 1.807) is 10.6 Å². The molecule has 1 aliphatic carbocycles. The maximum absolute atomic E-state index is 13.4. The summed E-state index contributed by atoms with van der Waals surface area (Å²) in [5, 5.41) is 12.8. The van der Waals surface area contributed by atoms with Crippen molar-refractivity contribution in [3.63, 3.8) is 0 Å². The van der Waals surface area contributed by atoms with Crippen LogP contribution in [0.15, 0.2) is 28.2 Å². The summed E-state index contributed by atoms with van der Waals surface area (Å²) >= 11 is 2.81. The van der Waals surface area contributed by atoms with E-state index in [4.69, 9.17) is 10.7 Å². The molecule has 1 aliphatic rings. The van der Waals surface area contributed by atoms with Crippen molar-refractivity contribution >= 4 is 44.9 Å². The quantitative estimate of drug-likeness (QED) is 0.251. The van der Waals surface area contributed by atoms with E-state index in [0.29, 0.717) is 20.9 Å². The molecule has 0 atom stereocenters. The minimum Gasteiger partial charge on any atom is -0.366 e. The fourth-order valence-corrected chi connectivity index (χ4v) is 6.16. The Labute approximate surface area is 186 Å². The number of rotatable bonds is 6. The number of amides is 1. The lowest BCUT2D eigenvalue weighted by Crippen LogP contribution is -2.26. The number of nitrogens with two attached hydrogens (primary N) is 1. The van der Waals surface area contributed by atoms with Crippen LogP contribution in [-0.2, 0) is 5.75 Å². The number of hydrogen-bond donors (Lipinski definition) is 1. The Kier molecular flexibility index (Phi) is 5.85. The molecule has 0 saturated heterocycles. The van der Waals surface area contributed by atoms with Crippen LogP contribution in [0.2, 0.25) is 0 Å². The Morgan fingerprint density at radius 1 is 1.35 bits per heavy atom. The van der Waals surface area contributed by atoms with Gasteiger partial charge in [0.15, 0.2) is 5.16 Å². The summed E-state index contributed by atoms with van der Waals surface area (Å²) in [4.78, 5) is 42.4. The molecule has 1 fully saturated rings. The van der Waals surface area contributed by atoms with E-state index in [2.05, 4.69) is 0 Å². The Morgan fingerprint density at radius 3 is 2.71 bits per heavy atom. The molecule has 1 aromatic carbocycles. The molecular weight excluding hydrogens is 436 g/mol. The number of aromatic nitrogens is 2. The SMILES string of the molecule is Cc1sc2nc(SCc3ccc(C(N)=O)cc3[N+](=O)[O-])n(C3CCCC3)c(=O)c2c1C. The van der Waals surface area contributed by atoms with Gasteiger partial charge in [0, 0.05) is 33.9 Å². The molecule has 2 aromatic heterocycles. The number of nitro benzene ring substituents is 1. The first-order chi connectivity index (χ1) is 14.8. The van der Waals surface area contributed by atoms with Crippen LogP contribution in [0.4, 0.5) is 5.69 Å². The maximum Gasteiger partial charge on any atom is 0.274 e. The van der Waals surface area contributed by atoms with Crippen LogP contribution < -0.4 is 11.3 Å². The van der Waals surface area contributed by atoms with Gasteiger partial charge in [-0.05, 0) is 38.3 Å². The average molecular weight is 459 g/mol. The third-order valence-corrected chi connectivity index (χ3v) is 7.92. The predicted molar refractivity (Wildman–Crippen MR) is 122 cm³/mol. The highest BCUT2D eigenvalue weighted by Gasteiger charge is 2.25. The van der Waals surface area contributed by atoms with E-state index in [-0.39, 0.29) is 28.6 Å². The van der Waals surface area contributed by atoms with Gasteiger partial charge in [0.25, 0.3) is 11.2 Å². The molecule has 0 aliphatic heterocycles. The van der Waals surface area contributed by atoms with E-state index in [1.165, 1.54) is 35.2 Å². The number of nitrogens with zero attached hydrogens (tertiary/aromatic N) is 3. The summed E-state index contributed by atoms with van der Waals surface area (Å²) in [5.41, 5.74) is 6.58. The fraction of sp³-hybridized carbons (Fsp3) is 0.381. The summed E-state index contributed by atoms with van der Waals surface area (Å²) in [5.74, 6) is -0.462. The van der Waals surface area contributed by atoms with Gasteiger partial charge in [-0.25, -0.2) is 4.98 Å². The number of nitro groups is 1. The molecule has 8 nitrogen and oxygen atoms in total. The van der Waals surface area contributed by atoms with Crippen molar-refractivity contribution in [3.8, 4) is 0 Å². The summed E-state index contributed by atoms with van der Waals surface area (Å²) < 4.78 is 1.79. The van der Waals surface area contributed by atoms with Crippen LogP contribution in [0.1, 0.15) is 58.1 Å². The number of carbonyl (C=O) groups excluding carboxylic acids is 1. The molecule has 2 N–H and O–H groups in total. The molecule has 31 heavy (non-hydrogen) atoms. The van der Waals surface area contributed by atoms with Gasteiger partial charge in [0.2, 0.25) is 5.91 Å². The number of thioether (sulfide) groups is 1. The fourth-order valence-electron chi connectivity index (χ4n) is 4.03. The van der Waals surface area contributed by atoms with E-state index in [9.17, 15) is 19.7 Å². The Bertz CT molecular complexity index is 1260. The standard InChI is InChI=1S/C21H22N4O4S2/c1-11-12(2)31-19-17(11)20(27)24(15-5-3-4-6-15)21(23-19)30-10-14-8-7-13(18(22)26)9-16(14)25(28)29/h7-9,15H,3-6,10H2,1-2H3,(H2,22,26). The van der Waals surface area contributed by atoms with Gasteiger partial charge >= 0.3 is 0 Å². The molecule has 0 spiro atoms. The van der Waals surface area contributed by atoms with Crippen molar-refractivity contribution in [2.75, 3.05) is 0 Å². The summed E-state index contributed by atoms with van der Waals surface area (Å²) in [6.07, 6.45) is 3.99. The van der Waals surface area contributed by atoms with Crippen molar-refractivity contribution in [2.24, 2.45) is 5.73 Å². The zero-order valence-corrected chi connectivity index (χ0v) is 18.8. The van der Waals surface area contributed by atoms with Gasteiger partial charge < -0.3 is 5.73 Å². The first-order valence-corrected chi connectivity index (χ1v) is 11.8. The second-order valence-electron chi connectivity index (χ2n) is 7.72. The average Bonchev–Trinajstić information content (AvgIpc) is 3.34. The first-order valence-electron chi connectivity index (χ1n) is 10.00. The van der Waals surface area contributed by atoms with Crippen LogP contribution in [-0.4, -0.2) is 20.4 Å². The van der Waals surface area contributed by atoms with Crippen LogP contribution in [0.25, 0.3) is 10.2 Å². The molecule has 4 rings (SSSR count).